The van der Waals surface area contributed by atoms with Crippen molar-refractivity contribution < 1.29 is 10.2 Å². The summed E-state index contributed by atoms with van der Waals surface area (Å²) in [4.78, 5) is 2.49. The van der Waals surface area contributed by atoms with E-state index < -0.39 is 0 Å². The van der Waals surface area contributed by atoms with E-state index in [2.05, 4.69) is 17.1 Å². The molecule has 4 heteroatoms. The van der Waals surface area contributed by atoms with Gasteiger partial charge in [0, 0.05) is 24.7 Å². The number of phenols is 2. The number of hydrogen-bond acceptors (Lipinski definition) is 4. The van der Waals surface area contributed by atoms with Gasteiger partial charge in [-0.3, -0.25) is 4.90 Å². The van der Waals surface area contributed by atoms with Crippen molar-refractivity contribution >= 4 is 0 Å². The fourth-order valence-corrected chi connectivity index (χ4v) is 3.90. The minimum absolute atomic E-state index is 0.142. The minimum Gasteiger partial charge on any atom is -0.508 e. The number of rotatable bonds is 3. The first-order chi connectivity index (χ1) is 10.1. The zero-order valence-electron chi connectivity index (χ0n) is 12.8. The predicted octanol–water partition coefficient (Wildman–Crippen LogP) is 2.62. The molecule has 0 aliphatic carbocycles. The summed E-state index contributed by atoms with van der Waals surface area (Å²) >= 11 is 0. The van der Waals surface area contributed by atoms with Crippen LogP contribution in [-0.4, -0.2) is 40.8 Å². The zero-order chi connectivity index (χ0) is 14.8. The van der Waals surface area contributed by atoms with Crippen LogP contribution < -0.4 is 5.32 Å². The number of piperidine rings is 1. The maximum atomic E-state index is 9.68. The van der Waals surface area contributed by atoms with Gasteiger partial charge in [0.25, 0.3) is 0 Å². The van der Waals surface area contributed by atoms with Gasteiger partial charge in [0.05, 0.1) is 0 Å². The Balaban J connectivity index is 1.69. The van der Waals surface area contributed by atoms with Gasteiger partial charge >= 0.3 is 0 Å². The summed E-state index contributed by atoms with van der Waals surface area (Å²) in [5, 5.41) is 23.0. The number of benzene rings is 1. The molecule has 0 saturated carbocycles. The first kappa shape index (κ1) is 14.7. The van der Waals surface area contributed by atoms with E-state index in [1.54, 1.807) is 12.1 Å². The molecule has 3 N–H and O–H groups in total. The normalized spacial score (nSPS) is 28.6. The Morgan fingerprint density at radius 3 is 2.57 bits per heavy atom. The summed E-state index contributed by atoms with van der Waals surface area (Å²) in [5.41, 5.74) is 0.993. The third kappa shape index (κ3) is 3.33. The van der Waals surface area contributed by atoms with E-state index >= 15 is 0 Å². The zero-order valence-corrected chi connectivity index (χ0v) is 12.8. The van der Waals surface area contributed by atoms with Gasteiger partial charge in [-0.15, -0.1) is 0 Å². The van der Waals surface area contributed by atoms with Crippen LogP contribution in [0.5, 0.6) is 11.5 Å². The number of nitrogens with one attached hydrogen (secondary N) is 1. The van der Waals surface area contributed by atoms with Crippen LogP contribution in [0.4, 0.5) is 0 Å². The minimum atomic E-state index is 0.142. The molecule has 0 radical (unpaired) electrons. The van der Waals surface area contributed by atoms with Crippen molar-refractivity contribution in [2.45, 2.75) is 44.7 Å². The summed E-state index contributed by atoms with van der Waals surface area (Å²) in [6.07, 6.45) is 5.15. The lowest BCUT2D eigenvalue weighted by molar-refractivity contribution is 0.114. The average Bonchev–Trinajstić information content (AvgIpc) is 3.00. The van der Waals surface area contributed by atoms with Crippen LogP contribution >= 0.6 is 0 Å². The Morgan fingerprint density at radius 1 is 1.14 bits per heavy atom. The highest BCUT2D eigenvalue weighted by molar-refractivity contribution is 5.38. The van der Waals surface area contributed by atoms with E-state index in [9.17, 15) is 10.2 Å². The van der Waals surface area contributed by atoms with Crippen LogP contribution in [0.1, 0.15) is 44.2 Å². The monoisotopic (exact) mass is 290 g/mol. The molecule has 0 bridgehead atoms. The second-order valence-electron chi connectivity index (χ2n) is 6.56. The molecule has 1 aromatic rings. The van der Waals surface area contributed by atoms with Crippen LogP contribution in [0, 0.1) is 5.92 Å². The van der Waals surface area contributed by atoms with E-state index in [1.807, 2.05) is 0 Å². The molecule has 2 aliphatic rings. The first-order valence-electron chi connectivity index (χ1n) is 8.14. The van der Waals surface area contributed by atoms with E-state index in [1.165, 1.54) is 31.7 Å². The molecular weight excluding hydrogens is 264 g/mol. The van der Waals surface area contributed by atoms with Crippen molar-refractivity contribution in [3.05, 3.63) is 23.8 Å². The fourth-order valence-electron chi connectivity index (χ4n) is 3.90. The molecule has 0 amide bonds. The smallest absolute Gasteiger partial charge is 0.119 e. The van der Waals surface area contributed by atoms with Crippen molar-refractivity contribution in [3.8, 4) is 11.5 Å². The van der Waals surface area contributed by atoms with E-state index in [-0.39, 0.29) is 17.5 Å². The van der Waals surface area contributed by atoms with Crippen molar-refractivity contribution in [2.24, 2.45) is 5.92 Å². The molecule has 4 nitrogen and oxygen atoms in total. The lowest BCUT2D eigenvalue weighted by atomic mass is 9.88. The van der Waals surface area contributed by atoms with Gasteiger partial charge in [0.2, 0.25) is 0 Å². The third-order valence-corrected chi connectivity index (χ3v) is 5.11. The summed E-state index contributed by atoms with van der Waals surface area (Å²) < 4.78 is 0. The molecule has 116 valence electrons. The Labute approximate surface area is 126 Å². The fraction of sp³-hybridized carbons (Fsp3) is 0.647. The maximum Gasteiger partial charge on any atom is 0.119 e. The Kier molecular flexibility index (Phi) is 4.36. The van der Waals surface area contributed by atoms with Crippen LogP contribution in [0.2, 0.25) is 0 Å². The Bertz CT molecular complexity index is 465. The van der Waals surface area contributed by atoms with Gasteiger partial charge < -0.3 is 15.5 Å². The average molecular weight is 290 g/mol. The highest BCUT2D eigenvalue weighted by atomic mass is 16.3. The summed E-state index contributed by atoms with van der Waals surface area (Å²) in [6.45, 7) is 5.53. The summed E-state index contributed by atoms with van der Waals surface area (Å²) in [6, 6.07) is 5.83. The molecule has 2 aliphatic heterocycles. The molecule has 3 rings (SSSR count). The van der Waals surface area contributed by atoms with Gasteiger partial charge in [0.15, 0.2) is 0 Å². The summed E-state index contributed by atoms with van der Waals surface area (Å²) in [7, 11) is 0. The molecule has 1 aromatic carbocycles. The Morgan fingerprint density at radius 2 is 1.90 bits per heavy atom. The SMILES string of the molecule is CC(c1cc(O)cc(O)c1)N1CCCC(C2CCCN2)C1. The second kappa shape index (κ2) is 6.24. The van der Waals surface area contributed by atoms with Crippen LogP contribution in [0.15, 0.2) is 18.2 Å². The van der Waals surface area contributed by atoms with Crippen molar-refractivity contribution in [1.29, 1.82) is 0 Å². The quantitative estimate of drug-likeness (QED) is 0.801. The van der Waals surface area contributed by atoms with E-state index in [4.69, 9.17) is 0 Å². The molecule has 2 heterocycles. The van der Waals surface area contributed by atoms with Gasteiger partial charge in [-0.05, 0) is 69.3 Å². The lowest BCUT2D eigenvalue weighted by Crippen LogP contribution is -2.44. The largest absolute Gasteiger partial charge is 0.508 e. The lowest BCUT2D eigenvalue weighted by Gasteiger charge is -2.39. The second-order valence-corrected chi connectivity index (χ2v) is 6.56. The standard InChI is InChI=1S/C17H26N2O2/c1-12(14-8-15(20)10-16(21)9-14)19-7-3-4-13(11-19)17-5-2-6-18-17/h8-10,12-13,17-18,20-21H,2-7,11H2,1H3. The highest BCUT2D eigenvalue weighted by Gasteiger charge is 2.31. The third-order valence-electron chi connectivity index (χ3n) is 5.11. The van der Waals surface area contributed by atoms with Crippen molar-refractivity contribution in [2.75, 3.05) is 19.6 Å². The molecule has 2 saturated heterocycles. The topological polar surface area (TPSA) is 55.7 Å². The molecule has 21 heavy (non-hydrogen) atoms. The molecule has 3 atom stereocenters. The number of aromatic hydroxyl groups is 2. The van der Waals surface area contributed by atoms with Gasteiger partial charge in [-0.25, -0.2) is 0 Å². The molecule has 3 unspecified atom stereocenters. The molecule has 0 spiro atoms. The highest BCUT2D eigenvalue weighted by Crippen LogP contribution is 2.32. The Hall–Kier alpha value is -1.26. The predicted molar refractivity (Wildman–Crippen MR) is 83.5 cm³/mol. The molecule has 2 fully saturated rings. The van der Waals surface area contributed by atoms with Crippen LogP contribution in [0.25, 0.3) is 0 Å². The van der Waals surface area contributed by atoms with E-state index in [0.29, 0.717) is 6.04 Å². The van der Waals surface area contributed by atoms with E-state index in [0.717, 1.165) is 31.1 Å². The van der Waals surface area contributed by atoms with Gasteiger partial charge in [-0.1, -0.05) is 0 Å². The van der Waals surface area contributed by atoms with Crippen molar-refractivity contribution in [3.63, 3.8) is 0 Å². The number of nitrogens with zero attached hydrogens (tertiary/aromatic N) is 1. The molecular formula is C17H26N2O2. The van der Waals surface area contributed by atoms with Gasteiger partial charge in [-0.2, -0.15) is 0 Å². The van der Waals surface area contributed by atoms with Crippen molar-refractivity contribution in [1.82, 2.24) is 10.2 Å². The summed E-state index contributed by atoms with van der Waals surface area (Å²) in [5.74, 6) is 1.01. The maximum absolute atomic E-state index is 9.68. The van der Waals surface area contributed by atoms with Crippen LogP contribution in [0.3, 0.4) is 0 Å². The number of phenolic OH excluding ortho intramolecular Hbond substituents is 2. The van der Waals surface area contributed by atoms with Gasteiger partial charge in [0.1, 0.15) is 11.5 Å². The molecule has 0 aromatic heterocycles. The number of hydrogen-bond donors (Lipinski definition) is 3. The van der Waals surface area contributed by atoms with Crippen LogP contribution in [-0.2, 0) is 0 Å². The first-order valence-corrected chi connectivity index (χ1v) is 8.14. The number of likely N-dealkylation sites (tertiary alicyclic amines) is 1.